The number of nitrogens with zero attached hydrogens (tertiary/aromatic N) is 1. The van der Waals surface area contributed by atoms with Crippen LogP contribution in [0.4, 0.5) is 0 Å². The van der Waals surface area contributed by atoms with Crippen LogP contribution in [0, 0.1) is 0 Å². The standard InChI is InChI=1S/C13H19NO3S/c1-4-13(12-10-8-7-9-11-12)14(5-2,6-3)18(15,16)17/h4,7-11,13H,1,5-6H2,2-3H3/p+1. The lowest BCUT2D eigenvalue weighted by Crippen LogP contribution is -2.53. The molecule has 0 aromatic heterocycles. The Morgan fingerprint density at radius 3 is 2.11 bits per heavy atom. The van der Waals surface area contributed by atoms with Crippen LogP contribution < -0.4 is 0 Å². The van der Waals surface area contributed by atoms with Gasteiger partial charge in [-0.15, -0.1) is 8.42 Å². The largest absolute Gasteiger partial charge is 0.433 e. The molecule has 1 aromatic rings. The van der Waals surface area contributed by atoms with Crippen molar-refractivity contribution in [3.05, 3.63) is 48.6 Å². The van der Waals surface area contributed by atoms with Gasteiger partial charge in [-0.1, -0.05) is 36.9 Å². The maximum Gasteiger partial charge on any atom is 0.433 e. The zero-order chi connectivity index (χ0) is 13.8. The summed E-state index contributed by atoms with van der Waals surface area (Å²) in [7, 11) is -4.22. The van der Waals surface area contributed by atoms with Gasteiger partial charge in [-0.3, -0.25) is 0 Å². The summed E-state index contributed by atoms with van der Waals surface area (Å²) in [6.45, 7) is 7.77. The summed E-state index contributed by atoms with van der Waals surface area (Å²) in [5, 5.41) is 0. The highest BCUT2D eigenvalue weighted by atomic mass is 32.2. The van der Waals surface area contributed by atoms with Crippen LogP contribution in [-0.4, -0.2) is 29.9 Å². The Bertz CT molecular complexity index is 492. The number of quaternary nitrogens is 1. The van der Waals surface area contributed by atoms with E-state index in [1.54, 1.807) is 19.9 Å². The minimum Gasteiger partial charge on any atom is -0.241 e. The second kappa shape index (κ2) is 5.65. The Kier molecular flexibility index (Phi) is 4.67. The first kappa shape index (κ1) is 14.9. The normalized spacial score (nSPS) is 14.2. The molecule has 0 bridgehead atoms. The molecule has 100 valence electrons. The van der Waals surface area contributed by atoms with Gasteiger partial charge in [0, 0.05) is 5.56 Å². The summed E-state index contributed by atoms with van der Waals surface area (Å²) in [4.78, 5) is 0. The van der Waals surface area contributed by atoms with Gasteiger partial charge in [-0.05, 0) is 19.9 Å². The molecular weight excluding hydrogens is 250 g/mol. The highest BCUT2D eigenvalue weighted by Gasteiger charge is 2.44. The number of rotatable bonds is 6. The molecule has 1 rings (SSSR count). The van der Waals surface area contributed by atoms with E-state index in [0.29, 0.717) is 0 Å². The van der Waals surface area contributed by atoms with Crippen molar-refractivity contribution in [3.63, 3.8) is 0 Å². The fourth-order valence-corrected chi connectivity index (χ4v) is 3.48. The van der Waals surface area contributed by atoms with Crippen LogP contribution in [-0.2, 0) is 10.3 Å². The summed E-state index contributed by atoms with van der Waals surface area (Å²) in [6, 6.07) is 8.76. The van der Waals surface area contributed by atoms with E-state index in [1.165, 1.54) is 0 Å². The summed E-state index contributed by atoms with van der Waals surface area (Å²) in [5.74, 6) is 0. The predicted molar refractivity (Wildman–Crippen MR) is 72.3 cm³/mol. The third-order valence-corrected chi connectivity index (χ3v) is 5.06. The van der Waals surface area contributed by atoms with Crippen LogP contribution in [0.2, 0.25) is 0 Å². The summed E-state index contributed by atoms with van der Waals surface area (Å²) >= 11 is 0. The number of benzene rings is 1. The van der Waals surface area contributed by atoms with Crippen LogP contribution in [0.3, 0.4) is 0 Å². The van der Waals surface area contributed by atoms with Gasteiger partial charge in [-0.25, -0.2) is 4.55 Å². The van der Waals surface area contributed by atoms with Crippen molar-refractivity contribution in [2.45, 2.75) is 19.9 Å². The number of likely N-dealkylation sites (N-methyl/N-ethyl adjacent to an activating group) is 1. The van der Waals surface area contributed by atoms with Crippen LogP contribution in [0.1, 0.15) is 25.5 Å². The van der Waals surface area contributed by atoms with Crippen molar-refractivity contribution in [1.82, 2.24) is 0 Å². The quantitative estimate of drug-likeness (QED) is 0.491. The van der Waals surface area contributed by atoms with Crippen LogP contribution in [0.5, 0.6) is 0 Å². The van der Waals surface area contributed by atoms with E-state index in [0.717, 1.165) is 5.56 Å². The van der Waals surface area contributed by atoms with Crippen molar-refractivity contribution >= 4 is 10.3 Å². The molecule has 0 spiro atoms. The Morgan fingerprint density at radius 2 is 1.78 bits per heavy atom. The van der Waals surface area contributed by atoms with E-state index >= 15 is 0 Å². The summed E-state index contributed by atoms with van der Waals surface area (Å²) in [6.07, 6.45) is 1.58. The highest BCUT2D eigenvalue weighted by molar-refractivity contribution is 7.80. The molecule has 4 nitrogen and oxygen atoms in total. The Labute approximate surface area is 109 Å². The molecule has 0 aliphatic rings. The zero-order valence-electron chi connectivity index (χ0n) is 10.8. The van der Waals surface area contributed by atoms with Crippen molar-refractivity contribution in [1.29, 1.82) is 0 Å². The monoisotopic (exact) mass is 270 g/mol. The van der Waals surface area contributed by atoms with Gasteiger partial charge in [0.05, 0.1) is 13.1 Å². The molecule has 0 saturated heterocycles. The van der Waals surface area contributed by atoms with Crippen LogP contribution in [0.25, 0.3) is 0 Å². The summed E-state index contributed by atoms with van der Waals surface area (Å²) < 4.78 is 32.7. The molecule has 0 amide bonds. The van der Waals surface area contributed by atoms with Gasteiger partial charge < -0.3 is 0 Å². The van der Waals surface area contributed by atoms with E-state index in [1.807, 2.05) is 30.3 Å². The van der Waals surface area contributed by atoms with Crippen LogP contribution in [0.15, 0.2) is 43.0 Å². The topological polar surface area (TPSA) is 54.4 Å². The lowest BCUT2D eigenvalue weighted by Gasteiger charge is -2.37. The van der Waals surface area contributed by atoms with Gasteiger partial charge in [0.15, 0.2) is 0 Å². The predicted octanol–water partition coefficient (Wildman–Crippen LogP) is 2.57. The first-order valence-electron chi connectivity index (χ1n) is 5.94. The maximum absolute atomic E-state index is 11.8. The summed E-state index contributed by atoms with van der Waals surface area (Å²) in [5.41, 5.74) is 0.828. The van der Waals surface area contributed by atoms with E-state index in [4.69, 9.17) is 0 Å². The van der Waals surface area contributed by atoms with Crippen molar-refractivity contribution in [2.24, 2.45) is 0 Å². The SMILES string of the molecule is C=CC(c1ccccc1)[N+](CC)(CC)S(=O)(=O)O. The number of hydrogen-bond donors (Lipinski definition) is 1. The molecule has 0 radical (unpaired) electrons. The third-order valence-electron chi connectivity index (χ3n) is 3.40. The van der Waals surface area contributed by atoms with Crippen molar-refractivity contribution < 1.29 is 16.9 Å². The molecule has 0 heterocycles. The van der Waals surface area contributed by atoms with Crippen LogP contribution >= 0.6 is 0 Å². The van der Waals surface area contributed by atoms with E-state index in [-0.39, 0.29) is 13.1 Å². The Balaban J connectivity index is 3.40. The molecule has 1 unspecified atom stereocenters. The fourth-order valence-electron chi connectivity index (χ4n) is 2.34. The molecule has 5 heteroatoms. The third kappa shape index (κ3) is 2.48. The average molecular weight is 270 g/mol. The molecule has 0 aliphatic heterocycles. The molecule has 18 heavy (non-hydrogen) atoms. The zero-order valence-corrected chi connectivity index (χ0v) is 11.6. The Morgan fingerprint density at radius 1 is 1.28 bits per heavy atom. The van der Waals surface area contributed by atoms with Crippen molar-refractivity contribution in [3.8, 4) is 0 Å². The minimum atomic E-state index is -4.22. The van der Waals surface area contributed by atoms with Gasteiger partial charge >= 0.3 is 10.3 Å². The first-order chi connectivity index (χ1) is 8.43. The second-order valence-corrected chi connectivity index (χ2v) is 5.75. The minimum absolute atomic E-state index is 0.279. The maximum atomic E-state index is 11.8. The van der Waals surface area contributed by atoms with Gasteiger partial charge in [-0.2, -0.15) is 3.89 Å². The van der Waals surface area contributed by atoms with Gasteiger partial charge in [0.2, 0.25) is 0 Å². The van der Waals surface area contributed by atoms with E-state index in [9.17, 15) is 13.0 Å². The second-order valence-electron chi connectivity index (χ2n) is 4.12. The molecule has 1 aromatic carbocycles. The molecule has 0 fully saturated rings. The fraction of sp³-hybridized carbons (Fsp3) is 0.385. The number of hydrogen-bond acceptors (Lipinski definition) is 2. The Hall–Kier alpha value is -1.17. The van der Waals surface area contributed by atoms with Gasteiger partial charge in [0.25, 0.3) is 0 Å². The molecule has 0 saturated carbocycles. The molecule has 0 aliphatic carbocycles. The molecular formula is C13H20NO3S+. The lowest BCUT2D eigenvalue weighted by molar-refractivity contribution is -0.832. The first-order valence-corrected chi connectivity index (χ1v) is 7.34. The van der Waals surface area contributed by atoms with Crippen molar-refractivity contribution in [2.75, 3.05) is 13.1 Å². The smallest absolute Gasteiger partial charge is 0.241 e. The lowest BCUT2D eigenvalue weighted by atomic mass is 10.1. The van der Waals surface area contributed by atoms with Gasteiger partial charge in [0.1, 0.15) is 6.04 Å². The molecule has 1 atom stereocenters. The average Bonchev–Trinajstić information content (AvgIpc) is 2.35. The van der Waals surface area contributed by atoms with E-state index < -0.39 is 20.2 Å². The molecule has 1 N–H and O–H groups in total. The van der Waals surface area contributed by atoms with E-state index in [2.05, 4.69) is 6.58 Å². The highest BCUT2D eigenvalue weighted by Crippen LogP contribution is 2.32.